The van der Waals surface area contributed by atoms with Gasteiger partial charge >= 0.3 is 0 Å². The Morgan fingerprint density at radius 1 is 1.00 bits per heavy atom. The molecular weight excluding hydrogens is 360 g/mol. The molecule has 0 aromatic carbocycles. The zero-order valence-corrected chi connectivity index (χ0v) is 16.1. The van der Waals surface area contributed by atoms with Gasteiger partial charge in [0.1, 0.15) is 11.2 Å². The summed E-state index contributed by atoms with van der Waals surface area (Å²) < 4.78 is 11.2. The van der Waals surface area contributed by atoms with E-state index in [1.165, 1.54) is 0 Å². The number of fused-ring (bicyclic) bond motifs is 1. The van der Waals surface area contributed by atoms with E-state index in [-0.39, 0.29) is 12.1 Å². The highest BCUT2D eigenvalue weighted by Crippen LogP contribution is 2.30. The highest BCUT2D eigenvalue weighted by molar-refractivity contribution is 5.87. The molecule has 0 aliphatic carbocycles. The second kappa shape index (κ2) is 7.02. The zero-order chi connectivity index (χ0) is 19.1. The van der Waals surface area contributed by atoms with Crippen LogP contribution in [0, 0.1) is 0 Å². The molecule has 0 saturated carbocycles. The van der Waals surface area contributed by atoms with Crippen molar-refractivity contribution in [2.45, 2.75) is 25.9 Å². The molecule has 10 nitrogen and oxygen atoms in total. The molecule has 1 unspecified atom stereocenters. The molecule has 3 aromatic heterocycles. The predicted molar refractivity (Wildman–Crippen MR) is 105 cm³/mol. The average Bonchev–Trinajstić information content (AvgIpc) is 3.37. The van der Waals surface area contributed by atoms with Crippen molar-refractivity contribution in [2.75, 3.05) is 49.3 Å². The van der Waals surface area contributed by atoms with E-state index in [0.29, 0.717) is 43.8 Å². The summed E-state index contributed by atoms with van der Waals surface area (Å²) in [5.41, 5.74) is 2.31. The lowest BCUT2D eigenvalue weighted by Gasteiger charge is -2.36. The molecule has 3 aromatic rings. The lowest BCUT2D eigenvalue weighted by Crippen LogP contribution is -2.46. The highest BCUT2D eigenvalue weighted by atomic mass is 16.5. The van der Waals surface area contributed by atoms with E-state index in [1.807, 2.05) is 6.07 Å². The molecule has 2 saturated heterocycles. The third kappa shape index (κ3) is 2.98. The van der Waals surface area contributed by atoms with E-state index in [2.05, 4.69) is 38.8 Å². The third-order valence-corrected chi connectivity index (χ3v) is 5.34. The zero-order valence-electron chi connectivity index (χ0n) is 16.1. The molecule has 5 heterocycles. The maximum absolute atomic E-state index is 5.62. The Morgan fingerprint density at radius 2 is 1.75 bits per heavy atom. The normalized spacial score (nSPS) is 23.5. The number of anilines is 2. The summed E-state index contributed by atoms with van der Waals surface area (Å²) in [6, 6.07) is 2.32. The number of nitrogens with zero attached hydrogens (tertiary/aromatic N) is 6. The van der Waals surface area contributed by atoms with Crippen LogP contribution in [0.5, 0.6) is 0 Å². The first-order valence-corrected chi connectivity index (χ1v) is 9.67. The average molecular weight is 384 g/mol. The van der Waals surface area contributed by atoms with Gasteiger partial charge in [-0.1, -0.05) is 0 Å². The maximum Gasteiger partial charge on any atom is 0.229 e. The number of H-pyrrole nitrogens is 2. The fourth-order valence-corrected chi connectivity index (χ4v) is 3.79. The smallest absolute Gasteiger partial charge is 0.229 e. The summed E-state index contributed by atoms with van der Waals surface area (Å²) in [6.45, 7) is 8.53. The van der Waals surface area contributed by atoms with E-state index in [9.17, 15) is 0 Å². The molecule has 10 heteroatoms. The van der Waals surface area contributed by atoms with E-state index in [1.54, 1.807) is 6.20 Å². The number of rotatable bonds is 3. The van der Waals surface area contributed by atoms with Gasteiger partial charge in [-0.15, -0.1) is 0 Å². The van der Waals surface area contributed by atoms with Crippen molar-refractivity contribution < 1.29 is 9.47 Å². The highest BCUT2D eigenvalue weighted by Gasteiger charge is 2.28. The van der Waals surface area contributed by atoms with Crippen LogP contribution in [-0.4, -0.2) is 81.7 Å². The van der Waals surface area contributed by atoms with E-state index >= 15 is 0 Å². The van der Waals surface area contributed by atoms with Gasteiger partial charge in [0.25, 0.3) is 0 Å². The van der Waals surface area contributed by atoms with Crippen LogP contribution in [0.1, 0.15) is 13.8 Å². The summed E-state index contributed by atoms with van der Waals surface area (Å²) in [6.07, 6.45) is 1.71. The number of aromatic nitrogens is 6. The summed E-state index contributed by atoms with van der Waals surface area (Å²) >= 11 is 0. The largest absolute Gasteiger partial charge is 0.377 e. The van der Waals surface area contributed by atoms with E-state index in [4.69, 9.17) is 24.4 Å². The SMILES string of the molecule is CC1COCCN1c1nc(N2CCOC[C@H]2C)c2[nH]c(-c3ccn[nH]3)nc2n1. The number of morpholine rings is 2. The van der Waals surface area contributed by atoms with Gasteiger partial charge in [0.15, 0.2) is 17.3 Å². The monoisotopic (exact) mass is 384 g/mol. The van der Waals surface area contributed by atoms with Gasteiger partial charge in [-0.05, 0) is 19.9 Å². The number of imidazole rings is 1. The molecular formula is C18H24N8O2. The van der Waals surface area contributed by atoms with Gasteiger partial charge in [0.05, 0.1) is 38.5 Å². The Hall–Kier alpha value is -2.72. The van der Waals surface area contributed by atoms with Crippen molar-refractivity contribution in [3.63, 3.8) is 0 Å². The summed E-state index contributed by atoms with van der Waals surface area (Å²) in [7, 11) is 0. The van der Waals surface area contributed by atoms with Crippen molar-refractivity contribution in [2.24, 2.45) is 0 Å². The molecule has 2 N–H and O–H groups in total. The molecule has 0 spiro atoms. The van der Waals surface area contributed by atoms with Gasteiger partial charge in [-0.2, -0.15) is 15.1 Å². The van der Waals surface area contributed by atoms with Crippen LogP contribution in [0.25, 0.3) is 22.7 Å². The fraction of sp³-hybridized carbons (Fsp3) is 0.556. The van der Waals surface area contributed by atoms with E-state index < -0.39 is 0 Å². The van der Waals surface area contributed by atoms with Crippen molar-refractivity contribution in [1.82, 2.24) is 30.1 Å². The topological polar surface area (TPSA) is 108 Å². The molecule has 2 atom stereocenters. The Labute approximate surface area is 162 Å². The third-order valence-electron chi connectivity index (χ3n) is 5.34. The lowest BCUT2D eigenvalue weighted by molar-refractivity contribution is 0.0973. The molecule has 0 amide bonds. The van der Waals surface area contributed by atoms with Crippen molar-refractivity contribution in [3.05, 3.63) is 12.3 Å². The number of ether oxygens (including phenoxy) is 2. The van der Waals surface area contributed by atoms with Gasteiger partial charge in [-0.3, -0.25) is 5.10 Å². The minimum absolute atomic E-state index is 0.215. The summed E-state index contributed by atoms with van der Waals surface area (Å²) in [5, 5.41) is 6.98. The van der Waals surface area contributed by atoms with Gasteiger partial charge in [0, 0.05) is 19.3 Å². The second-order valence-corrected chi connectivity index (χ2v) is 7.34. The predicted octanol–water partition coefficient (Wildman–Crippen LogP) is 1.19. The van der Waals surface area contributed by atoms with E-state index in [0.717, 1.165) is 30.1 Å². The van der Waals surface area contributed by atoms with Crippen molar-refractivity contribution >= 4 is 22.9 Å². The van der Waals surface area contributed by atoms with Crippen LogP contribution >= 0.6 is 0 Å². The fourth-order valence-electron chi connectivity index (χ4n) is 3.79. The molecule has 2 fully saturated rings. The number of hydrogen-bond acceptors (Lipinski definition) is 8. The van der Waals surface area contributed by atoms with Crippen molar-refractivity contribution in [1.29, 1.82) is 0 Å². The van der Waals surface area contributed by atoms with Crippen LogP contribution in [0.15, 0.2) is 12.3 Å². The van der Waals surface area contributed by atoms with Crippen LogP contribution in [0.3, 0.4) is 0 Å². The quantitative estimate of drug-likeness (QED) is 0.693. The Balaban J connectivity index is 1.65. The minimum Gasteiger partial charge on any atom is -0.377 e. The molecule has 148 valence electrons. The Bertz CT molecular complexity index is 956. The standard InChI is InChI=1S/C18H24N8O2/c1-11-9-27-7-5-25(11)17-14-16(21-15(20-14)13-3-4-19-24-13)22-18(23-17)26-6-8-28-10-12(26)2/h3-4,11-12H,5-10H2,1-2H3,(H,19,24)(H,20,21,22,23)/t11-,12?/m1/s1. The van der Waals surface area contributed by atoms with Crippen LogP contribution < -0.4 is 9.80 Å². The molecule has 0 radical (unpaired) electrons. The summed E-state index contributed by atoms with van der Waals surface area (Å²) in [4.78, 5) is 22.3. The minimum atomic E-state index is 0.215. The van der Waals surface area contributed by atoms with Gasteiger partial charge < -0.3 is 24.3 Å². The molecule has 2 aliphatic rings. The van der Waals surface area contributed by atoms with Crippen LogP contribution in [-0.2, 0) is 9.47 Å². The van der Waals surface area contributed by atoms with Crippen molar-refractivity contribution in [3.8, 4) is 11.5 Å². The lowest BCUT2D eigenvalue weighted by atomic mass is 10.2. The number of hydrogen-bond donors (Lipinski definition) is 2. The van der Waals surface area contributed by atoms with Gasteiger partial charge in [0.2, 0.25) is 5.95 Å². The number of nitrogens with one attached hydrogen (secondary N) is 2. The first-order chi connectivity index (χ1) is 13.7. The Morgan fingerprint density at radius 3 is 2.43 bits per heavy atom. The molecule has 2 aliphatic heterocycles. The molecule has 28 heavy (non-hydrogen) atoms. The summed E-state index contributed by atoms with van der Waals surface area (Å²) in [5.74, 6) is 2.27. The second-order valence-electron chi connectivity index (χ2n) is 7.34. The number of aromatic amines is 2. The first-order valence-electron chi connectivity index (χ1n) is 9.67. The molecule has 5 rings (SSSR count). The van der Waals surface area contributed by atoms with Crippen LogP contribution in [0.4, 0.5) is 11.8 Å². The van der Waals surface area contributed by atoms with Gasteiger partial charge in [-0.25, -0.2) is 4.98 Å². The molecule has 0 bridgehead atoms. The van der Waals surface area contributed by atoms with Crippen LogP contribution in [0.2, 0.25) is 0 Å². The Kier molecular flexibility index (Phi) is 4.36. The first kappa shape index (κ1) is 17.4. The maximum atomic E-state index is 5.62.